The fourth-order valence-corrected chi connectivity index (χ4v) is 2.48. The lowest BCUT2D eigenvalue weighted by molar-refractivity contribution is 0.0971. The van der Waals surface area contributed by atoms with Crippen LogP contribution in [0.15, 0.2) is 18.2 Å². The molecule has 1 aliphatic rings. The molecule has 1 aromatic rings. The van der Waals surface area contributed by atoms with Crippen molar-refractivity contribution in [2.24, 2.45) is 11.7 Å². The standard InChI is InChI=1S/C16H23NO3/c1-2-12(7-8-17)3-5-14(18)13-4-6-15-16(11-13)20-10-9-19-15/h4,6,11-12H,2-3,5,7-10,17H2,1H3. The minimum absolute atomic E-state index is 0.164. The van der Waals surface area contributed by atoms with E-state index in [0.29, 0.717) is 43.4 Å². The summed E-state index contributed by atoms with van der Waals surface area (Å²) < 4.78 is 11.0. The molecule has 0 saturated carbocycles. The van der Waals surface area contributed by atoms with E-state index in [0.717, 1.165) is 25.0 Å². The predicted molar refractivity (Wildman–Crippen MR) is 78.4 cm³/mol. The first-order valence-electron chi connectivity index (χ1n) is 7.37. The van der Waals surface area contributed by atoms with Gasteiger partial charge >= 0.3 is 0 Å². The van der Waals surface area contributed by atoms with E-state index in [2.05, 4.69) is 6.92 Å². The molecular formula is C16H23NO3. The van der Waals surface area contributed by atoms with Crippen LogP contribution in [0.4, 0.5) is 0 Å². The van der Waals surface area contributed by atoms with Gasteiger partial charge in [-0.2, -0.15) is 0 Å². The van der Waals surface area contributed by atoms with Gasteiger partial charge in [-0.1, -0.05) is 13.3 Å². The summed E-state index contributed by atoms with van der Waals surface area (Å²) in [5.41, 5.74) is 6.29. The molecule has 110 valence electrons. The lowest BCUT2D eigenvalue weighted by Crippen LogP contribution is -2.16. The number of rotatable bonds is 7. The van der Waals surface area contributed by atoms with E-state index in [1.54, 1.807) is 6.07 Å². The zero-order chi connectivity index (χ0) is 14.4. The number of benzene rings is 1. The number of nitrogens with two attached hydrogens (primary N) is 1. The highest BCUT2D eigenvalue weighted by atomic mass is 16.6. The van der Waals surface area contributed by atoms with Crippen molar-refractivity contribution in [2.75, 3.05) is 19.8 Å². The van der Waals surface area contributed by atoms with Gasteiger partial charge in [0.25, 0.3) is 0 Å². The van der Waals surface area contributed by atoms with Crippen molar-refractivity contribution >= 4 is 5.78 Å². The first-order chi connectivity index (χ1) is 9.74. The Hall–Kier alpha value is -1.55. The summed E-state index contributed by atoms with van der Waals surface area (Å²) in [5, 5.41) is 0. The molecule has 0 saturated heterocycles. The van der Waals surface area contributed by atoms with Crippen LogP contribution in [-0.2, 0) is 0 Å². The number of carbonyl (C=O) groups is 1. The Labute approximate surface area is 120 Å². The molecule has 1 atom stereocenters. The van der Waals surface area contributed by atoms with Crippen LogP contribution in [0.5, 0.6) is 11.5 Å². The maximum Gasteiger partial charge on any atom is 0.163 e. The van der Waals surface area contributed by atoms with Gasteiger partial charge in [0.15, 0.2) is 17.3 Å². The third-order valence-electron chi connectivity index (χ3n) is 3.80. The Bertz CT molecular complexity index is 459. The zero-order valence-electron chi connectivity index (χ0n) is 12.1. The lowest BCUT2D eigenvalue weighted by atomic mass is 9.94. The minimum Gasteiger partial charge on any atom is -0.486 e. The Kier molecular flexibility index (Phi) is 5.41. The molecule has 0 amide bonds. The maximum atomic E-state index is 12.2. The molecule has 1 heterocycles. The van der Waals surface area contributed by atoms with Crippen molar-refractivity contribution in [3.05, 3.63) is 23.8 Å². The topological polar surface area (TPSA) is 61.6 Å². The van der Waals surface area contributed by atoms with Crippen LogP contribution in [0.2, 0.25) is 0 Å². The molecular weight excluding hydrogens is 254 g/mol. The van der Waals surface area contributed by atoms with Gasteiger partial charge in [0.2, 0.25) is 0 Å². The molecule has 1 aromatic carbocycles. The fourth-order valence-electron chi connectivity index (χ4n) is 2.48. The fraction of sp³-hybridized carbons (Fsp3) is 0.562. The van der Waals surface area contributed by atoms with Crippen LogP contribution >= 0.6 is 0 Å². The maximum absolute atomic E-state index is 12.2. The molecule has 1 aliphatic heterocycles. The van der Waals surface area contributed by atoms with Crippen molar-refractivity contribution < 1.29 is 14.3 Å². The second-order valence-electron chi connectivity index (χ2n) is 5.17. The van der Waals surface area contributed by atoms with Gasteiger partial charge in [0.05, 0.1) is 0 Å². The number of fused-ring (bicyclic) bond motifs is 1. The molecule has 4 nitrogen and oxygen atoms in total. The Morgan fingerprint density at radius 3 is 2.70 bits per heavy atom. The van der Waals surface area contributed by atoms with Crippen molar-refractivity contribution in [2.45, 2.75) is 32.6 Å². The summed E-state index contributed by atoms with van der Waals surface area (Å²) in [6, 6.07) is 5.43. The van der Waals surface area contributed by atoms with Crippen molar-refractivity contribution in [3.8, 4) is 11.5 Å². The van der Waals surface area contributed by atoms with Gasteiger partial charge in [-0.25, -0.2) is 0 Å². The van der Waals surface area contributed by atoms with Gasteiger partial charge < -0.3 is 15.2 Å². The van der Waals surface area contributed by atoms with E-state index in [1.807, 2.05) is 12.1 Å². The molecule has 1 unspecified atom stereocenters. The number of Topliss-reactive ketones (excluding diaryl/α,β-unsaturated/α-hetero) is 1. The van der Waals surface area contributed by atoms with Gasteiger partial charge in [-0.05, 0) is 43.5 Å². The number of ketones is 1. The number of hydrogen-bond acceptors (Lipinski definition) is 4. The number of carbonyl (C=O) groups excluding carboxylic acids is 1. The minimum atomic E-state index is 0.164. The first-order valence-corrected chi connectivity index (χ1v) is 7.37. The monoisotopic (exact) mass is 277 g/mol. The van der Waals surface area contributed by atoms with Crippen LogP contribution in [-0.4, -0.2) is 25.5 Å². The molecule has 20 heavy (non-hydrogen) atoms. The Morgan fingerprint density at radius 1 is 1.25 bits per heavy atom. The Morgan fingerprint density at radius 2 is 2.00 bits per heavy atom. The average molecular weight is 277 g/mol. The third-order valence-corrected chi connectivity index (χ3v) is 3.80. The average Bonchev–Trinajstić information content (AvgIpc) is 2.50. The highest BCUT2D eigenvalue weighted by molar-refractivity contribution is 5.96. The smallest absolute Gasteiger partial charge is 0.163 e. The van der Waals surface area contributed by atoms with Crippen LogP contribution in [0, 0.1) is 5.92 Å². The van der Waals surface area contributed by atoms with Gasteiger partial charge in [0.1, 0.15) is 13.2 Å². The summed E-state index contributed by atoms with van der Waals surface area (Å²) in [7, 11) is 0. The van der Waals surface area contributed by atoms with E-state index >= 15 is 0 Å². The second-order valence-corrected chi connectivity index (χ2v) is 5.17. The van der Waals surface area contributed by atoms with E-state index in [-0.39, 0.29) is 5.78 Å². The van der Waals surface area contributed by atoms with Gasteiger partial charge in [-0.3, -0.25) is 4.79 Å². The third kappa shape index (κ3) is 3.73. The second kappa shape index (κ2) is 7.29. The molecule has 0 aliphatic carbocycles. The molecule has 2 rings (SSSR count). The summed E-state index contributed by atoms with van der Waals surface area (Å²) in [6.07, 6.45) is 3.54. The first kappa shape index (κ1) is 14.9. The molecule has 0 fully saturated rings. The van der Waals surface area contributed by atoms with Gasteiger partial charge in [0, 0.05) is 12.0 Å². The van der Waals surface area contributed by atoms with E-state index in [4.69, 9.17) is 15.2 Å². The summed E-state index contributed by atoms with van der Waals surface area (Å²) in [6.45, 7) is 3.95. The lowest BCUT2D eigenvalue weighted by Gasteiger charge is -2.19. The Balaban J connectivity index is 1.95. The summed E-state index contributed by atoms with van der Waals surface area (Å²) in [5.74, 6) is 2.11. The molecule has 2 N–H and O–H groups in total. The van der Waals surface area contributed by atoms with Gasteiger partial charge in [-0.15, -0.1) is 0 Å². The quantitative estimate of drug-likeness (QED) is 0.778. The van der Waals surface area contributed by atoms with Crippen molar-refractivity contribution in [1.82, 2.24) is 0 Å². The van der Waals surface area contributed by atoms with Crippen LogP contribution < -0.4 is 15.2 Å². The van der Waals surface area contributed by atoms with E-state index in [1.165, 1.54) is 0 Å². The van der Waals surface area contributed by atoms with Crippen molar-refractivity contribution in [1.29, 1.82) is 0 Å². The van der Waals surface area contributed by atoms with Crippen LogP contribution in [0.25, 0.3) is 0 Å². The number of ether oxygens (including phenoxy) is 2. The largest absolute Gasteiger partial charge is 0.486 e. The van der Waals surface area contributed by atoms with Crippen LogP contribution in [0.1, 0.15) is 43.0 Å². The number of hydrogen-bond donors (Lipinski definition) is 1. The van der Waals surface area contributed by atoms with E-state index < -0.39 is 0 Å². The predicted octanol–water partition coefficient (Wildman–Crippen LogP) is 2.80. The molecule has 0 radical (unpaired) electrons. The summed E-state index contributed by atoms with van der Waals surface area (Å²) in [4.78, 5) is 12.2. The molecule has 0 aromatic heterocycles. The summed E-state index contributed by atoms with van der Waals surface area (Å²) >= 11 is 0. The highest BCUT2D eigenvalue weighted by Gasteiger charge is 2.16. The highest BCUT2D eigenvalue weighted by Crippen LogP contribution is 2.31. The molecule has 4 heteroatoms. The molecule has 0 spiro atoms. The SMILES string of the molecule is CCC(CCN)CCC(=O)c1ccc2c(c1)OCCO2. The molecule has 0 bridgehead atoms. The zero-order valence-corrected chi connectivity index (χ0v) is 12.1. The van der Waals surface area contributed by atoms with Crippen molar-refractivity contribution in [3.63, 3.8) is 0 Å². The normalized spacial score (nSPS) is 14.9. The van der Waals surface area contributed by atoms with E-state index in [9.17, 15) is 4.79 Å². The van der Waals surface area contributed by atoms with Crippen LogP contribution in [0.3, 0.4) is 0 Å².